The van der Waals surface area contributed by atoms with Crippen LogP contribution in [0.25, 0.3) is 0 Å². The van der Waals surface area contributed by atoms with E-state index in [1.807, 2.05) is 43.3 Å². The lowest BCUT2D eigenvalue weighted by Crippen LogP contribution is -1.94. The standard InChI is InChI=1S/C12H16O2/c1-3-4-9-14-12-7-5-11(6-8-12)10(2)13/h3-8,10,13H,9H2,1-2H3/b4-3+. The first-order valence-electron chi connectivity index (χ1n) is 4.76. The number of hydrogen-bond donors (Lipinski definition) is 1. The van der Waals surface area contributed by atoms with Gasteiger partial charge in [0.1, 0.15) is 12.4 Å². The summed E-state index contributed by atoms with van der Waals surface area (Å²) in [7, 11) is 0. The highest BCUT2D eigenvalue weighted by Crippen LogP contribution is 2.16. The van der Waals surface area contributed by atoms with Gasteiger partial charge in [-0.1, -0.05) is 24.3 Å². The van der Waals surface area contributed by atoms with E-state index >= 15 is 0 Å². The van der Waals surface area contributed by atoms with Gasteiger partial charge in [-0.25, -0.2) is 0 Å². The number of aliphatic hydroxyl groups excluding tert-OH is 1. The highest BCUT2D eigenvalue weighted by atomic mass is 16.5. The van der Waals surface area contributed by atoms with Crippen LogP contribution in [-0.4, -0.2) is 11.7 Å². The third kappa shape index (κ3) is 3.23. The molecular weight excluding hydrogens is 176 g/mol. The molecule has 2 nitrogen and oxygen atoms in total. The van der Waals surface area contributed by atoms with Crippen LogP contribution in [0, 0.1) is 0 Å². The SMILES string of the molecule is C/C=C/COc1ccc(C(C)O)cc1. The molecule has 0 radical (unpaired) electrons. The fourth-order valence-corrected chi connectivity index (χ4v) is 1.08. The first kappa shape index (κ1) is 10.8. The summed E-state index contributed by atoms with van der Waals surface area (Å²) in [5.41, 5.74) is 0.906. The van der Waals surface area contributed by atoms with Crippen molar-refractivity contribution in [3.63, 3.8) is 0 Å². The van der Waals surface area contributed by atoms with Crippen molar-refractivity contribution in [2.75, 3.05) is 6.61 Å². The number of aliphatic hydroxyl groups is 1. The van der Waals surface area contributed by atoms with E-state index in [4.69, 9.17) is 4.74 Å². The molecule has 0 aromatic heterocycles. The van der Waals surface area contributed by atoms with Crippen LogP contribution in [0.2, 0.25) is 0 Å². The molecule has 1 unspecified atom stereocenters. The molecule has 1 atom stereocenters. The van der Waals surface area contributed by atoms with Crippen LogP contribution < -0.4 is 4.74 Å². The van der Waals surface area contributed by atoms with Gasteiger partial charge in [0.05, 0.1) is 6.10 Å². The van der Waals surface area contributed by atoms with Crippen LogP contribution in [0.5, 0.6) is 5.75 Å². The number of benzene rings is 1. The van der Waals surface area contributed by atoms with Crippen LogP contribution in [0.4, 0.5) is 0 Å². The lowest BCUT2D eigenvalue weighted by Gasteiger charge is -2.06. The molecule has 0 bridgehead atoms. The molecule has 0 aliphatic heterocycles. The van der Waals surface area contributed by atoms with Gasteiger partial charge in [-0.2, -0.15) is 0 Å². The molecule has 0 aliphatic rings. The van der Waals surface area contributed by atoms with Gasteiger partial charge in [0.15, 0.2) is 0 Å². The zero-order valence-corrected chi connectivity index (χ0v) is 8.60. The number of allylic oxidation sites excluding steroid dienone is 1. The number of rotatable bonds is 4. The molecule has 0 spiro atoms. The minimum atomic E-state index is -0.417. The van der Waals surface area contributed by atoms with Gasteiger partial charge in [0.2, 0.25) is 0 Å². The minimum absolute atomic E-state index is 0.417. The zero-order valence-electron chi connectivity index (χ0n) is 8.60. The topological polar surface area (TPSA) is 29.5 Å². The van der Waals surface area contributed by atoms with E-state index in [2.05, 4.69) is 0 Å². The average Bonchev–Trinajstić information content (AvgIpc) is 2.19. The minimum Gasteiger partial charge on any atom is -0.490 e. The molecule has 1 aromatic rings. The molecule has 76 valence electrons. The zero-order chi connectivity index (χ0) is 10.4. The van der Waals surface area contributed by atoms with E-state index in [0.29, 0.717) is 6.61 Å². The van der Waals surface area contributed by atoms with E-state index in [1.165, 1.54) is 0 Å². The lowest BCUT2D eigenvalue weighted by atomic mass is 10.1. The van der Waals surface area contributed by atoms with Gasteiger partial charge in [-0.05, 0) is 31.5 Å². The molecule has 0 heterocycles. The summed E-state index contributed by atoms with van der Waals surface area (Å²) in [6.45, 7) is 4.29. The van der Waals surface area contributed by atoms with Crippen molar-refractivity contribution in [1.82, 2.24) is 0 Å². The van der Waals surface area contributed by atoms with Gasteiger partial charge in [-0.3, -0.25) is 0 Å². The van der Waals surface area contributed by atoms with Crippen LogP contribution >= 0.6 is 0 Å². The molecule has 1 N–H and O–H groups in total. The second-order valence-electron chi connectivity index (χ2n) is 3.13. The van der Waals surface area contributed by atoms with Crippen LogP contribution in [-0.2, 0) is 0 Å². The van der Waals surface area contributed by atoms with Crippen molar-refractivity contribution in [1.29, 1.82) is 0 Å². The first-order valence-corrected chi connectivity index (χ1v) is 4.76. The molecule has 0 fully saturated rings. The quantitative estimate of drug-likeness (QED) is 0.743. The van der Waals surface area contributed by atoms with Gasteiger partial charge in [-0.15, -0.1) is 0 Å². The van der Waals surface area contributed by atoms with Gasteiger partial charge < -0.3 is 9.84 Å². The predicted octanol–water partition coefficient (Wildman–Crippen LogP) is 2.69. The smallest absolute Gasteiger partial charge is 0.119 e. The Bertz CT molecular complexity index is 286. The van der Waals surface area contributed by atoms with Crippen molar-refractivity contribution >= 4 is 0 Å². The summed E-state index contributed by atoms with van der Waals surface area (Å²) in [5.74, 6) is 0.826. The van der Waals surface area contributed by atoms with Crippen molar-refractivity contribution in [2.45, 2.75) is 20.0 Å². The molecule has 0 amide bonds. The average molecular weight is 192 g/mol. The molecular formula is C12H16O2. The highest BCUT2D eigenvalue weighted by Gasteiger charge is 1.99. The molecule has 2 heteroatoms. The lowest BCUT2D eigenvalue weighted by molar-refractivity contribution is 0.199. The van der Waals surface area contributed by atoms with E-state index in [-0.39, 0.29) is 0 Å². The summed E-state index contributed by atoms with van der Waals surface area (Å²) in [4.78, 5) is 0. The Labute approximate surface area is 84.8 Å². The largest absolute Gasteiger partial charge is 0.490 e. The van der Waals surface area contributed by atoms with E-state index in [0.717, 1.165) is 11.3 Å². The Morgan fingerprint density at radius 2 is 2.00 bits per heavy atom. The van der Waals surface area contributed by atoms with Crippen LogP contribution in [0.3, 0.4) is 0 Å². The third-order valence-electron chi connectivity index (χ3n) is 1.94. The Morgan fingerprint density at radius 3 is 2.50 bits per heavy atom. The maximum absolute atomic E-state index is 9.28. The number of hydrogen-bond acceptors (Lipinski definition) is 2. The summed E-state index contributed by atoms with van der Waals surface area (Å²) >= 11 is 0. The third-order valence-corrected chi connectivity index (χ3v) is 1.94. The van der Waals surface area contributed by atoms with Crippen LogP contribution in [0.1, 0.15) is 25.5 Å². The van der Waals surface area contributed by atoms with Gasteiger partial charge in [0.25, 0.3) is 0 Å². The molecule has 1 aromatic carbocycles. The fourth-order valence-electron chi connectivity index (χ4n) is 1.08. The van der Waals surface area contributed by atoms with Gasteiger partial charge >= 0.3 is 0 Å². The summed E-state index contributed by atoms with van der Waals surface area (Å²) in [5, 5.41) is 9.28. The second kappa shape index (κ2) is 5.45. The van der Waals surface area contributed by atoms with Crippen molar-refractivity contribution in [3.05, 3.63) is 42.0 Å². The first-order chi connectivity index (χ1) is 6.74. The highest BCUT2D eigenvalue weighted by molar-refractivity contribution is 5.28. The van der Waals surface area contributed by atoms with Crippen molar-refractivity contribution in [3.8, 4) is 5.75 Å². The van der Waals surface area contributed by atoms with Crippen LogP contribution in [0.15, 0.2) is 36.4 Å². The molecule has 0 aliphatic carbocycles. The van der Waals surface area contributed by atoms with Crippen molar-refractivity contribution < 1.29 is 9.84 Å². The number of ether oxygens (including phenoxy) is 1. The van der Waals surface area contributed by atoms with E-state index < -0.39 is 6.10 Å². The van der Waals surface area contributed by atoms with E-state index in [1.54, 1.807) is 6.92 Å². The molecule has 1 rings (SSSR count). The Morgan fingerprint density at radius 1 is 1.36 bits per heavy atom. The molecule has 0 saturated heterocycles. The van der Waals surface area contributed by atoms with E-state index in [9.17, 15) is 5.11 Å². The summed E-state index contributed by atoms with van der Waals surface area (Å²) in [6, 6.07) is 7.47. The predicted molar refractivity (Wildman–Crippen MR) is 57.4 cm³/mol. The normalized spacial score (nSPS) is 13.1. The maximum atomic E-state index is 9.28. The Kier molecular flexibility index (Phi) is 4.20. The summed E-state index contributed by atoms with van der Waals surface area (Å²) in [6.07, 6.45) is 3.48. The maximum Gasteiger partial charge on any atom is 0.119 e. The van der Waals surface area contributed by atoms with Crippen molar-refractivity contribution in [2.24, 2.45) is 0 Å². The second-order valence-corrected chi connectivity index (χ2v) is 3.13. The van der Waals surface area contributed by atoms with Gasteiger partial charge in [0, 0.05) is 0 Å². The Balaban J connectivity index is 2.55. The monoisotopic (exact) mass is 192 g/mol. The summed E-state index contributed by atoms with van der Waals surface area (Å²) < 4.78 is 5.41. The Hall–Kier alpha value is -1.28. The molecule has 14 heavy (non-hydrogen) atoms. The fraction of sp³-hybridized carbons (Fsp3) is 0.333. The molecule has 0 saturated carbocycles.